The van der Waals surface area contributed by atoms with Gasteiger partial charge in [-0.3, -0.25) is 4.79 Å². The topological polar surface area (TPSA) is 29.1 Å². The lowest BCUT2D eigenvalue weighted by Crippen LogP contribution is -2.27. The SMILES string of the molecule is CCc1ccc(CCC(=O)NC(C)c2ccc3c(c2)CCCC3)cc1. The number of rotatable bonds is 6. The van der Waals surface area contributed by atoms with E-state index in [1.54, 1.807) is 0 Å². The van der Waals surface area contributed by atoms with Crippen molar-refractivity contribution in [2.45, 2.75) is 64.8 Å². The third-order valence-electron chi connectivity index (χ3n) is 5.32. The van der Waals surface area contributed by atoms with Gasteiger partial charge in [0.2, 0.25) is 5.91 Å². The predicted octanol–water partition coefficient (Wildman–Crippen LogP) is 4.94. The molecular weight excluding hydrogens is 306 g/mol. The van der Waals surface area contributed by atoms with Gasteiger partial charge in [0, 0.05) is 6.42 Å². The van der Waals surface area contributed by atoms with Gasteiger partial charge in [-0.25, -0.2) is 0 Å². The maximum absolute atomic E-state index is 12.3. The normalized spacial score (nSPS) is 14.6. The number of carbonyl (C=O) groups excluding carboxylic acids is 1. The van der Waals surface area contributed by atoms with Crippen molar-refractivity contribution in [3.05, 3.63) is 70.3 Å². The summed E-state index contributed by atoms with van der Waals surface area (Å²) in [6.45, 7) is 4.24. The van der Waals surface area contributed by atoms with Gasteiger partial charge in [0.25, 0.3) is 0 Å². The molecule has 0 saturated heterocycles. The minimum Gasteiger partial charge on any atom is -0.350 e. The standard InChI is InChI=1S/C23H29NO/c1-3-18-8-10-19(11-9-18)12-15-23(25)24-17(2)21-14-13-20-6-4-5-7-22(20)16-21/h8-11,13-14,16-17H,3-7,12,15H2,1-2H3,(H,24,25). The molecule has 0 spiro atoms. The Morgan fingerprint density at radius 2 is 1.68 bits per heavy atom. The van der Waals surface area contributed by atoms with Gasteiger partial charge in [0.15, 0.2) is 0 Å². The number of amides is 1. The molecule has 1 aliphatic rings. The number of aryl methyl sites for hydroxylation is 4. The van der Waals surface area contributed by atoms with Crippen molar-refractivity contribution >= 4 is 5.91 Å². The second-order valence-electron chi connectivity index (χ2n) is 7.19. The molecule has 0 fully saturated rings. The van der Waals surface area contributed by atoms with E-state index in [4.69, 9.17) is 0 Å². The van der Waals surface area contributed by atoms with Crippen LogP contribution in [0.3, 0.4) is 0 Å². The number of nitrogens with one attached hydrogen (secondary N) is 1. The number of hydrogen-bond donors (Lipinski definition) is 1. The second-order valence-corrected chi connectivity index (χ2v) is 7.19. The molecule has 2 heteroatoms. The van der Waals surface area contributed by atoms with E-state index in [1.165, 1.54) is 53.5 Å². The number of fused-ring (bicyclic) bond motifs is 1. The highest BCUT2D eigenvalue weighted by Gasteiger charge is 2.14. The Morgan fingerprint density at radius 1 is 1.00 bits per heavy atom. The van der Waals surface area contributed by atoms with Crippen LogP contribution in [0, 0.1) is 0 Å². The molecule has 2 nitrogen and oxygen atoms in total. The van der Waals surface area contributed by atoms with Crippen LogP contribution in [-0.4, -0.2) is 5.91 Å². The molecule has 1 amide bonds. The van der Waals surface area contributed by atoms with Gasteiger partial charge in [0.05, 0.1) is 6.04 Å². The Morgan fingerprint density at radius 3 is 2.40 bits per heavy atom. The molecule has 0 heterocycles. The monoisotopic (exact) mass is 335 g/mol. The van der Waals surface area contributed by atoms with Gasteiger partial charge in [-0.1, -0.05) is 49.4 Å². The van der Waals surface area contributed by atoms with Crippen LogP contribution in [0.25, 0.3) is 0 Å². The molecule has 0 aliphatic heterocycles. The molecule has 0 bridgehead atoms. The zero-order chi connectivity index (χ0) is 17.6. The zero-order valence-electron chi connectivity index (χ0n) is 15.5. The predicted molar refractivity (Wildman–Crippen MR) is 104 cm³/mol. The Hall–Kier alpha value is -2.09. The van der Waals surface area contributed by atoms with Crippen molar-refractivity contribution in [3.8, 4) is 0 Å². The average molecular weight is 335 g/mol. The highest BCUT2D eigenvalue weighted by molar-refractivity contribution is 5.76. The van der Waals surface area contributed by atoms with Gasteiger partial charge in [0.1, 0.15) is 0 Å². The fourth-order valence-corrected chi connectivity index (χ4v) is 3.62. The number of hydrogen-bond acceptors (Lipinski definition) is 1. The summed E-state index contributed by atoms with van der Waals surface area (Å²) in [5.74, 6) is 0.129. The van der Waals surface area contributed by atoms with Gasteiger partial charge in [-0.15, -0.1) is 0 Å². The van der Waals surface area contributed by atoms with Crippen molar-refractivity contribution in [3.63, 3.8) is 0 Å². The molecule has 1 aliphatic carbocycles. The molecule has 25 heavy (non-hydrogen) atoms. The first kappa shape index (κ1) is 17.7. The van der Waals surface area contributed by atoms with E-state index < -0.39 is 0 Å². The largest absolute Gasteiger partial charge is 0.350 e. The summed E-state index contributed by atoms with van der Waals surface area (Å²) >= 11 is 0. The van der Waals surface area contributed by atoms with Gasteiger partial charge < -0.3 is 5.32 Å². The van der Waals surface area contributed by atoms with Crippen LogP contribution in [-0.2, 0) is 30.5 Å². The Bertz CT molecular complexity index is 717. The van der Waals surface area contributed by atoms with Crippen molar-refractivity contribution in [1.29, 1.82) is 0 Å². The van der Waals surface area contributed by atoms with E-state index in [-0.39, 0.29) is 11.9 Å². The molecular formula is C23H29NO. The van der Waals surface area contributed by atoms with E-state index in [0.29, 0.717) is 6.42 Å². The van der Waals surface area contributed by atoms with Crippen LogP contribution >= 0.6 is 0 Å². The first-order valence-electron chi connectivity index (χ1n) is 9.64. The van der Waals surface area contributed by atoms with Crippen LogP contribution in [0.5, 0.6) is 0 Å². The summed E-state index contributed by atoms with van der Waals surface area (Å²) in [4.78, 5) is 12.3. The van der Waals surface area contributed by atoms with E-state index >= 15 is 0 Å². The minimum atomic E-state index is 0.0715. The van der Waals surface area contributed by atoms with Crippen LogP contribution in [0.2, 0.25) is 0 Å². The molecule has 3 rings (SSSR count). The average Bonchev–Trinajstić information content (AvgIpc) is 2.66. The van der Waals surface area contributed by atoms with Crippen molar-refractivity contribution < 1.29 is 4.79 Å². The molecule has 2 aromatic carbocycles. The summed E-state index contributed by atoms with van der Waals surface area (Å²) in [7, 11) is 0. The van der Waals surface area contributed by atoms with Crippen molar-refractivity contribution in [1.82, 2.24) is 5.32 Å². The Kier molecular flexibility index (Phi) is 5.91. The van der Waals surface area contributed by atoms with Crippen molar-refractivity contribution in [2.75, 3.05) is 0 Å². The maximum Gasteiger partial charge on any atom is 0.220 e. The Balaban J connectivity index is 1.53. The summed E-state index contributed by atoms with van der Waals surface area (Å²) in [6.07, 6.45) is 7.36. The zero-order valence-corrected chi connectivity index (χ0v) is 15.5. The van der Waals surface area contributed by atoms with E-state index in [9.17, 15) is 4.79 Å². The van der Waals surface area contributed by atoms with Crippen LogP contribution in [0.15, 0.2) is 42.5 Å². The second kappa shape index (κ2) is 8.33. The lowest BCUT2D eigenvalue weighted by molar-refractivity contribution is -0.121. The number of carbonyl (C=O) groups is 1. The molecule has 0 aromatic heterocycles. The fourth-order valence-electron chi connectivity index (χ4n) is 3.62. The summed E-state index contributed by atoms with van der Waals surface area (Å²) in [5, 5.41) is 3.16. The summed E-state index contributed by atoms with van der Waals surface area (Å²) in [5.41, 5.74) is 6.76. The van der Waals surface area contributed by atoms with Crippen LogP contribution in [0.4, 0.5) is 0 Å². The molecule has 132 valence electrons. The minimum absolute atomic E-state index is 0.0715. The highest BCUT2D eigenvalue weighted by Crippen LogP contribution is 2.24. The summed E-state index contributed by atoms with van der Waals surface area (Å²) < 4.78 is 0. The lowest BCUT2D eigenvalue weighted by atomic mass is 9.89. The third kappa shape index (κ3) is 4.72. The third-order valence-corrected chi connectivity index (χ3v) is 5.32. The molecule has 1 unspecified atom stereocenters. The highest BCUT2D eigenvalue weighted by atomic mass is 16.1. The lowest BCUT2D eigenvalue weighted by Gasteiger charge is -2.20. The van der Waals surface area contributed by atoms with E-state index in [0.717, 1.165) is 12.8 Å². The van der Waals surface area contributed by atoms with Crippen LogP contribution in [0.1, 0.15) is 67.0 Å². The smallest absolute Gasteiger partial charge is 0.220 e. The first-order chi connectivity index (χ1) is 12.2. The maximum atomic E-state index is 12.3. The molecule has 0 saturated carbocycles. The number of benzene rings is 2. The fraction of sp³-hybridized carbons (Fsp3) is 0.435. The molecule has 2 aromatic rings. The van der Waals surface area contributed by atoms with Gasteiger partial charge >= 0.3 is 0 Å². The first-order valence-corrected chi connectivity index (χ1v) is 9.64. The summed E-state index contributed by atoms with van der Waals surface area (Å²) in [6, 6.07) is 15.4. The molecule has 1 atom stereocenters. The van der Waals surface area contributed by atoms with Gasteiger partial charge in [-0.05, 0) is 73.3 Å². The van der Waals surface area contributed by atoms with Crippen molar-refractivity contribution in [2.24, 2.45) is 0 Å². The van der Waals surface area contributed by atoms with Crippen LogP contribution < -0.4 is 5.32 Å². The molecule has 1 N–H and O–H groups in total. The van der Waals surface area contributed by atoms with E-state index in [1.807, 2.05) is 0 Å². The Labute approximate surface area is 151 Å². The van der Waals surface area contributed by atoms with E-state index in [2.05, 4.69) is 61.6 Å². The molecule has 0 radical (unpaired) electrons. The quantitative estimate of drug-likeness (QED) is 0.796. The van der Waals surface area contributed by atoms with Gasteiger partial charge in [-0.2, -0.15) is 0 Å².